The van der Waals surface area contributed by atoms with E-state index in [1.165, 1.54) is 36.4 Å². The van der Waals surface area contributed by atoms with E-state index >= 15 is 0 Å². The molecule has 0 atom stereocenters. The van der Waals surface area contributed by atoms with Crippen LogP contribution in [-0.2, 0) is 35.3 Å². The molecule has 3 aliphatic carbocycles. The maximum Gasteiger partial charge on any atom is 0.269 e. The van der Waals surface area contributed by atoms with Gasteiger partial charge in [0.25, 0.3) is 17.1 Å². The second kappa shape index (κ2) is 25.6. The third-order valence-electron chi connectivity index (χ3n) is 14.8. The molecule has 9 rings (SSSR count). The summed E-state index contributed by atoms with van der Waals surface area (Å²) < 4.78 is 15.8. The molecule has 3 aromatic rings. The molecule has 19 nitrogen and oxygen atoms in total. The van der Waals surface area contributed by atoms with Crippen LogP contribution in [0.2, 0.25) is 0 Å². The van der Waals surface area contributed by atoms with Gasteiger partial charge in [-0.05, 0) is 80.9 Å². The number of nitro benzene ring substituents is 3. The number of ether oxygens (including phenoxy) is 3. The summed E-state index contributed by atoms with van der Waals surface area (Å²) in [5.41, 5.74) is 1.07. The molecule has 0 spiro atoms. The van der Waals surface area contributed by atoms with E-state index in [9.17, 15) is 50.9 Å². The van der Waals surface area contributed by atoms with E-state index in [2.05, 4.69) is 33.3 Å². The molecule has 3 saturated heterocycles. The lowest BCUT2D eigenvalue weighted by atomic mass is 9.69. The molecule has 6 fully saturated rings. The number of non-ortho nitro benzene ring substituents is 3. The van der Waals surface area contributed by atoms with Gasteiger partial charge in [-0.25, -0.2) is 0 Å². The predicted octanol–water partition coefficient (Wildman–Crippen LogP) is 7.37. The van der Waals surface area contributed by atoms with Gasteiger partial charge in [0.2, 0.25) is 0 Å². The van der Waals surface area contributed by atoms with Crippen molar-refractivity contribution in [2.45, 2.75) is 105 Å². The molecule has 0 bridgehead atoms. The first-order chi connectivity index (χ1) is 33.9. The summed E-state index contributed by atoms with van der Waals surface area (Å²) in [5.74, 6) is 0.183. The highest BCUT2D eigenvalue weighted by molar-refractivity contribution is 5.80. The van der Waals surface area contributed by atoms with Crippen molar-refractivity contribution in [2.24, 2.45) is 0 Å². The average Bonchev–Trinajstić information content (AvgIpc) is 3.43. The number of carbonyl (C=O) groups is 1. The fraction of sp³-hybridized carbons (Fsp3) is 0.569. The van der Waals surface area contributed by atoms with Crippen LogP contribution in [-0.4, -0.2) is 121 Å². The SMILES string of the molecule is C1COCCN1.N#CC1(c2ccc([N+](=O)[O-])cc2)CCC(=O)CC1.N#CC1(c2ccc([N+](=O)[O-])cc2)CCC(N2CCOCC2)CC1.N#CC1(c2ccc([N+](=O)[O-])cc2)CCC(N2CCOCC2)CC1. The molecule has 3 heterocycles. The normalized spacial score (nSPS) is 25.7. The van der Waals surface area contributed by atoms with Crippen molar-refractivity contribution in [2.75, 3.05) is 78.9 Å². The highest BCUT2D eigenvalue weighted by atomic mass is 16.6. The number of nitro groups is 3. The zero-order valence-electron chi connectivity index (χ0n) is 39.7. The predicted molar refractivity (Wildman–Crippen MR) is 258 cm³/mol. The third kappa shape index (κ3) is 13.8. The molecule has 0 radical (unpaired) electrons. The van der Waals surface area contributed by atoms with Crippen LogP contribution < -0.4 is 5.32 Å². The Morgan fingerprint density at radius 1 is 0.486 bits per heavy atom. The number of ketones is 1. The van der Waals surface area contributed by atoms with Crippen LogP contribution in [0.4, 0.5) is 17.1 Å². The number of carbonyl (C=O) groups excluding carboxylic acids is 1. The van der Waals surface area contributed by atoms with Crippen molar-refractivity contribution in [3.05, 3.63) is 120 Å². The minimum absolute atomic E-state index is 0.0127. The lowest BCUT2D eigenvalue weighted by molar-refractivity contribution is -0.385. The van der Waals surface area contributed by atoms with Gasteiger partial charge in [-0.15, -0.1) is 0 Å². The first-order valence-electron chi connectivity index (χ1n) is 24.3. The molecular formula is C51H63N9O10. The Hall–Kier alpha value is -6.24. The number of nitrogens with zero attached hydrogens (tertiary/aromatic N) is 8. The molecule has 0 aromatic heterocycles. The van der Waals surface area contributed by atoms with Gasteiger partial charge in [0.15, 0.2) is 0 Å². The van der Waals surface area contributed by atoms with Crippen LogP contribution in [0.5, 0.6) is 0 Å². The highest BCUT2D eigenvalue weighted by Crippen LogP contribution is 2.43. The zero-order chi connectivity index (χ0) is 50.0. The van der Waals surface area contributed by atoms with Gasteiger partial charge >= 0.3 is 0 Å². The zero-order valence-corrected chi connectivity index (χ0v) is 39.7. The number of hydrogen-bond acceptors (Lipinski definition) is 16. The topological polar surface area (TPSA) is 264 Å². The number of hydrogen-bond donors (Lipinski definition) is 1. The lowest BCUT2D eigenvalue weighted by Gasteiger charge is -2.41. The van der Waals surface area contributed by atoms with Gasteiger partial charge < -0.3 is 19.5 Å². The summed E-state index contributed by atoms with van der Waals surface area (Å²) in [4.78, 5) is 47.1. The van der Waals surface area contributed by atoms with E-state index in [4.69, 9.17) is 14.2 Å². The fourth-order valence-corrected chi connectivity index (χ4v) is 10.4. The van der Waals surface area contributed by atoms with Gasteiger partial charge in [-0.3, -0.25) is 44.9 Å². The quantitative estimate of drug-likeness (QED) is 0.171. The van der Waals surface area contributed by atoms with E-state index < -0.39 is 31.0 Å². The number of benzene rings is 3. The van der Waals surface area contributed by atoms with Crippen molar-refractivity contribution in [1.82, 2.24) is 15.1 Å². The molecule has 3 aliphatic heterocycles. The first kappa shape index (κ1) is 53.1. The summed E-state index contributed by atoms with van der Waals surface area (Å²) in [6.07, 6.45) is 9.01. The van der Waals surface area contributed by atoms with E-state index in [0.717, 1.165) is 147 Å². The van der Waals surface area contributed by atoms with Crippen LogP contribution in [0.25, 0.3) is 0 Å². The second-order valence-corrected chi connectivity index (χ2v) is 18.7. The number of Topliss-reactive ketones (excluding diaryl/α,β-unsaturated/α-hetero) is 1. The Balaban J connectivity index is 0.000000163. The van der Waals surface area contributed by atoms with Crippen LogP contribution in [0.1, 0.15) is 93.7 Å². The Bertz CT molecular complexity index is 2200. The summed E-state index contributed by atoms with van der Waals surface area (Å²) in [7, 11) is 0. The van der Waals surface area contributed by atoms with E-state index in [-0.39, 0.29) is 22.8 Å². The largest absolute Gasteiger partial charge is 0.379 e. The molecule has 3 aromatic carbocycles. The van der Waals surface area contributed by atoms with Gasteiger partial charge in [0.05, 0.1) is 88.9 Å². The van der Waals surface area contributed by atoms with Crippen molar-refractivity contribution in [3.63, 3.8) is 0 Å². The molecular weight excluding hydrogens is 899 g/mol. The van der Waals surface area contributed by atoms with Crippen LogP contribution >= 0.6 is 0 Å². The Morgan fingerprint density at radius 2 is 0.771 bits per heavy atom. The second-order valence-electron chi connectivity index (χ2n) is 18.7. The minimum Gasteiger partial charge on any atom is -0.379 e. The summed E-state index contributed by atoms with van der Waals surface area (Å²) in [5, 5.41) is 64.2. The van der Waals surface area contributed by atoms with Crippen molar-refractivity contribution in [1.29, 1.82) is 15.8 Å². The molecule has 3 saturated carbocycles. The van der Waals surface area contributed by atoms with Gasteiger partial charge in [-0.2, -0.15) is 15.8 Å². The van der Waals surface area contributed by atoms with Crippen molar-refractivity contribution >= 4 is 22.8 Å². The third-order valence-corrected chi connectivity index (χ3v) is 14.8. The fourth-order valence-electron chi connectivity index (χ4n) is 10.4. The molecule has 0 unspecified atom stereocenters. The summed E-state index contributed by atoms with van der Waals surface area (Å²) in [6, 6.07) is 27.4. The minimum atomic E-state index is -0.664. The van der Waals surface area contributed by atoms with Crippen molar-refractivity contribution in [3.8, 4) is 18.2 Å². The first-order valence-corrected chi connectivity index (χ1v) is 24.3. The monoisotopic (exact) mass is 961 g/mol. The smallest absolute Gasteiger partial charge is 0.269 e. The average molecular weight is 962 g/mol. The molecule has 0 amide bonds. The molecule has 6 aliphatic rings. The molecule has 70 heavy (non-hydrogen) atoms. The highest BCUT2D eigenvalue weighted by Gasteiger charge is 2.41. The summed E-state index contributed by atoms with van der Waals surface area (Å²) in [6.45, 7) is 10.9. The standard InChI is InChI=1S/2C17H21N3O3.C13H12N2O3.C4H9NO/c2*18-13-17(14-1-3-16(4-2-14)20(21)22)7-5-15(6-8-17)19-9-11-23-12-10-19;14-9-13(7-5-12(16)6-8-13)10-1-3-11(4-2-10)15(17)18;1-3-6-4-2-5-1/h2*1-4,15H,5-12H2;1-4H,5-8H2;5H,1-4H2. The maximum absolute atomic E-state index is 11.2. The van der Waals surface area contributed by atoms with E-state index in [0.29, 0.717) is 37.8 Å². The van der Waals surface area contributed by atoms with E-state index in [1.54, 1.807) is 36.4 Å². The number of nitrogens with one attached hydrogen (secondary N) is 1. The van der Waals surface area contributed by atoms with Crippen LogP contribution in [0, 0.1) is 64.3 Å². The van der Waals surface area contributed by atoms with Gasteiger partial charge in [0.1, 0.15) is 5.78 Å². The molecule has 1 N–H and O–H groups in total. The number of morpholine rings is 3. The molecule has 372 valence electrons. The van der Waals surface area contributed by atoms with Gasteiger partial charge in [0, 0.05) is 101 Å². The summed E-state index contributed by atoms with van der Waals surface area (Å²) >= 11 is 0. The van der Waals surface area contributed by atoms with Crippen LogP contribution in [0.3, 0.4) is 0 Å². The number of nitriles is 3. The number of rotatable bonds is 8. The lowest BCUT2D eigenvalue weighted by Crippen LogP contribution is -2.47. The van der Waals surface area contributed by atoms with Gasteiger partial charge in [-0.1, -0.05) is 36.4 Å². The molecule has 19 heteroatoms. The van der Waals surface area contributed by atoms with E-state index in [1.807, 2.05) is 0 Å². The maximum atomic E-state index is 11.2. The van der Waals surface area contributed by atoms with Crippen LogP contribution in [0.15, 0.2) is 72.8 Å². The Morgan fingerprint density at radius 3 is 1.01 bits per heavy atom. The Labute approximate surface area is 408 Å². The Kier molecular flexibility index (Phi) is 19.4. The van der Waals surface area contributed by atoms with Crippen molar-refractivity contribution < 1.29 is 33.8 Å².